The van der Waals surface area contributed by atoms with Crippen LogP contribution in [0.4, 0.5) is 0 Å². The smallest absolute Gasteiger partial charge is 0.162 e. The van der Waals surface area contributed by atoms with Crippen molar-refractivity contribution in [1.29, 1.82) is 0 Å². The lowest BCUT2D eigenvalue weighted by Crippen LogP contribution is -2.04. The van der Waals surface area contributed by atoms with Crippen molar-refractivity contribution in [3.8, 4) is 22.3 Å². The van der Waals surface area contributed by atoms with Crippen molar-refractivity contribution in [2.75, 3.05) is 0 Å². The molecular weight excluding hydrogens is 378 g/mol. The van der Waals surface area contributed by atoms with Crippen LogP contribution in [-0.2, 0) is 6.54 Å². The van der Waals surface area contributed by atoms with E-state index < -0.39 is 0 Å². The first-order valence-electron chi connectivity index (χ1n) is 11.9. The van der Waals surface area contributed by atoms with E-state index in [4.69, 9.17) is 0 Å². The number of nitrogens with zero attached hydrogens (tertiary/aromatic N) is 1. The molecule has 0 fully saturated rings. The summed E-state index contributed by atoms with van der Waals surface area (Å²) >= 11 is 0. The number of ketones is 1. The van der Waals surface area contributed by atoms with Crippen LogP contribution < -0.4 is 0 Å². The fourth-order valence-corrected chi connectivity index (χ4v) is 5.07. The van der Waals surface area contributed by atoms with Crippen LogP contribution >= 0.6 is 0 Å². The van der Waals surface area contributed by atoms with E-state index in [1.165, 1.54) is 58.3 Å². The van der Waals surface area contributed by atoms with Gasteiger partial charge in [-0.15, -0.1) is 0 Å². The third kappa shape index (κ3) is 4.35. The Balaban J connectivity index is 2.23. The van der Waals surface area contributed by atoms with Gasteiger partial charge in [0.15, 0.2) is 5.78 Å². The molecule has 1 heterocycles. The standard InChI is InChI=1S/C29H39NO/c1-9-10-11-12-15-30-21(6)28(23(8)31)29(22(30)7)26-16-20(5)25-17-24(18(2)3)14-13-19(4)27(25)26/h13-14,16-18H,9-12,15H2,1-8H3. The predicted octanol–water partition coefficient (Wildman–Crippen LogP) is 8.40. The molecule has 3 rings (SSSR count). The summed E-state index contributed by atoms with van der Waals surface area (Å²) in [7, 11) is 0. The largest absolute Gasteiger partial charge is 0.348 e. The second-order valence-electron chi connectivity index (χ2n) is 9.53. The molecule has 166 valence electrons. The van der Waals surface area contributed by atoms with Crippen molar-refractivity contribution in [2.45, 2.75) is 93.5 Å². The Kier molecular flexibility index (Phi) is 7.09. The van der Waals surface area contributed by atoms with Crippen LogP contribution in [0.5, 0.6) is 0 Å². The number of carbonyl (C=O) groups is 1. The quantitative estimate of drug-likeness (QED) is 0.266. The molecule has 0 amide bonds. The maximum atomic E-state index is 12.8. The lowest BCUT2D eigenvalue weighted by Gasteiger charge is -2.10. The second-order valence-corrected chi connectivity index (χ2v) is 9.53. The van der Waals surface area contributed by atoms with Crippen molar-refractivity contribution < 1.29 is 4.79 Å². The summed E-state index contributed by atoms with van der Waals surface area (Å²) in [5.74, 6) is 0.643. The number of fused-ring (bicyclic) bond motifs is 1. The highest BCUT2D eigenvalue weighted by Crippen LogP contribution is 2.45. The van der Waals surface area contributed by atoms with Crippen LogP contribution in [-0.4, -0.2) is 10.4 Å². The first-order chi connectivity index (χ1) is 14.7. The van der Waals surface area contributed by atoms with E-state index in [9.17, 15) is 4.79 Å². The Hall–Kier alpha value is -2.35. The zero-order chi connectivity index (χ0) is 22.9. The molecule has 0 aromatic carbocycles. The summed E-state index contributed by atoms with van der Waals surface area (Å²) in [6.07, 6.45) is 4.91. The minimum atomic E-state index is 0.163. The number of rotatable bonds is 8. The van der Waals surface area contributed by atoms with Gasteiger partial charge in [-0.1, -0.05) is 64.3 Å². The van der Waals surface area contributed by atoms with Crippen LogP contribution in [0.1, 0.15) is 97.7 Å². The van der Waals surface area contributed by atoms with Gasteiger partial charge in [0.2, 0.25) is 0 Å². The van der Waals surface area contributed by atoms with E-state index in [1.54, 1.807) is 6.92 Å². The number of hydrogen-bond donors (Lipinski definition) is 0. The van der Waals surface area contributed by atoms with Crippen LogP contribution in [0.3, 0.4) is 0 Å². The molecule has 1 aromatic rings. The van der Waals surface area contributed by atoms with Gasteiger partial charge < -0.3 is 4.57 Å². The highest BCUT2D eigenvalue weighted by molar-refractivity contribution is 6.06. The predicted molar refractivity (Wildman–Crippen MR) is 134 cm³/mol. The van der Waals surface area contributed by atoms with Gasteiger partial charge in [-0.25, -0.2) is 0 Å². The lowest BCUT2D eigenvalue weighted by molar-refractivity contribution is 0.101. The average Bonchev–Trinajstić information content (AvgIpc) is 3.06. The third-order valence-corrected chi connectivity index (χ3v) is 6.86. The zero-order valence-corrected chi connectivity index (χ0v) is 20.8. The third-order valence-electron chi connectivity index (χ3n) is 6.86. The van der Waals surface area contributed by atoms with Crippen molar-refractivity contribution in [3.05, 3.63) is 57.9 Å². The van der Waals surface area contributed by atoms with Gasteiger partial charge in [0, 0.05) is 29.1 Å². The number of aromatic nitrogens is 1. The molecule has 0 bridgehead atoms. The van der Waals surface area contributed by atoms with Crippen LogP contribution in [0.2, 0.25) is 0 Å². The number of Topliss-reactive ketones (excluding diaryl/α,β-unsaturated/α-hetero) is 1. The van der Waals surface area contributed by atoms with Gasteiger partial charge in [-0.2, -0.15) is 0 Å². The van der Waals surface area contributed by atoms with Gasteiger partial charge in [0.05, 0.1) is 0 Å². The van der Waals surface area contributed by atoms with Gasteiger partial charge >= 0.3 is 0 Å². The SMILES string of the molecule is CCCCCCn1c(C)c(C(C)=O)c(-c2cc(C)c3cc(C(C)C)ccc(C)c2-3)c1C. The molecule has 0 saturated carbocycles. The van der Waals surface area contributed by atoms with Crippen molar-refractivity contribution >= 4 is 5.78 Å². The van der Waals surface area contributed by atoms with E-state index in [2.05, 4.69) is 77.3 Å². The summed E-state index contributed by atoms with van der Waals surface area (Å²) in [5.41, 5.74) is 12.1. The van der Waals surface area contributed by atoms with E-state index in [1.807, 2.05) is 0 Å². The number of unbranched alkanes of at least 4 members (excludes halogenated alkanes) is 3. The Bertz CT molecular complexity index is 1070. The fraction of sp³-hybridized carbons (Fsp3) is 0.483. The maximum Gasteiger partial charge on any atom is 0.162 e. The minimum absolute atomic E-state index is 0.163. The molecule has 2 heteroatoms. The van der Waals surface area contributed by atoms with Crippen molar-refractivity contribution in [2.24, 2.45) is 0 Å². The summed E-state index contributed by atoms with van der Waals surface area (Å²) < 4.78 is 2.38. The number of aryl methyl sites for hydroxylation is 2. The van der Waals surface area contributed by atoms with Crippen LogP contribution in [0.25, 0.3) is 22.3 Å². The maximum absolute atomic E-state index is 12.8. The van der Waals surface area contributed by atoms with Crippen LogP contribution in [0, 0.1) is 27.7 Å². The van der Waals surface area contributed by atoms with E-state index in [0.717, 1.165) is 29.8 Å². The lowest BCUT2D eigenvalue weighted by atomic mass is 9.94. The van der Waals surface area contributed by atoms with Crippen molar-refractivity contribution in [3.63, 3.8) is 0 Å². The summed E-state index contributed by atoms with van der Waals surface area (Å²) in [6, 6.07) is 9.16. The molecule has 0 atom stereocenters. The number of carbonyl (C=O) groups excluding carboxylic acids is 1. The molecule has 0 spiro atoms. The molecule has 0 N–H and O–H groups in total. The van der Waals surface area contributed by atoms with Crippen LogP contribution in [0.15, 0.2) is 24.3 Å². The molecule has 0 saturated heterocycles. The first-order valence-corrected chi connectivity index (χ1v) is 11.9. The van der Waals surface area contributed by atoms with Gasteiger partial charge in [-0.3, -0.25) is 4.79 Å². The summed E-state index contributed by atoms with van der Waals surface area (Å²) in [4.78, 5) is 12.8. The Labute approximate surface area is 189 Å². The zero-order valence-electron chi connectivity index (χ0n) is 20.8. The second kappa shape index (κ2) is 9.42. The summed E-state index contributed by atoms with van der Waals surface area (Å²) in [6.45, 7) is 18.2. The van der Waals surface area contributed by atoms with Gasteiger partial charge in [0.25, 0.3) is 0 Å². The van der Waals surface area contributed by atoms with E-state index in [-0.39, 0.29) is 5.78 Å². The molecule has 0 aliphatic heterocycles. The highest BCUT2D eigenvalue weighted by atomic mass is 16.1. The average molecular weight is 418 g/mol. The Morgan fingerprint density at radius 2 is 1.58 bits per heavy atom. The highest BCUT2D eigenvalue weighted by Gasteiger charge is 2.26. The molecule has 2 aliphatic carbocycles. The fourth-order valence-electron chi connectivity index (χ4n) is 5.07. The minimum Gasteiger partial charge on any atom is -0.348 e. The van der Waals surface area contributed by atoms with Gasteiger partial charge in [-0.05, 0) is 80.3 Å². The topological polar surface area (TPSA) is 22.0 Å². The van der Waals surface area contributed by atoms with Gasteiger partial charge in [0.1, 0.15) is 0 Å². The number of hydrogen-bond acceptors (Lipinski definition) is 1. The molecule has 2 aliphatic rings. The molecular formula is C29H39NO. The van der Waals surface area contributed by atoms with Crippen molar-refractivity contribution in [1.82, 2.24) is 4.57 Å². The van der Waals surface area contributed by atoms with E-state index >= 15 is 0 Å². The monoisotopic (exact) mass is 417 g/mol. The first kappa shape index (κ1) is 23.3. The normalized spacial score (nSPS) is 11.6. The molecule has 2 nitrogen and oxygen atoms in total. The molecule has 1 aromatic heterocycles. The Morgan fingerprint density at radius 3 is 2.19 bits per heavy atom. The molecule has 0 unspecified atom stereocenters. The molecule has 0 radical (unpaired) electrons. The summed E-state index contributed by atoms with van der Waals surface area (Å²) in [5, 5.41) is 0. The van der Waals surface area contributed by atoms with E-state index in [0.29, 0.717) is 5.92 Å². The Morgan fingerprint density at radius 1 is 0.871 bits per heavy atom. The molecule has 31 heavy (non-hydrogen) atoms.